The van der Waals surface area contributed by atoms with Gasteiger partial charge in [-0.15, -0.1) is 0 Å². The van der Waals surface area contributed by atoms with Crippen molar-refractivity contribution in [2.45, 2.75) is 70.4 Å². The van der Waals surface area contributed by atoms with E-state index in [9.17, 15) is 0 Å². The molecule has 3 rings (SSSR count). The summed E-state index contributed by atoms with van der Waals surface area (Å²) < 4.78 is 0. The lowest BCUT2D eigenvalue weighted by Gasteiger charge is -2.47. The number of hydrogen-bond donors (Lipinski definition) is 1. The van der Waals surface area contributed by atoms with Gasteiger partial charge in [0.05, 0.1) is 0 Å². The molecule has 0 radical (unpaired) electrons. The number of nitrogens with two attached hydrogens (primary N) is 1. The molecule has 3 unspecified atom stereocenters. The molecule has 0 aromatic heterocycles. The van der Waals surface area contributed by atoms with Crippen molar-refractivity contribution in [3.05, 3.63) is 0 Å². The predicted molar refractivity (Wildman–Crippen MR) is 76.4 cm³/mol. The third kappa shape index (κ3) is 2.12. The molecule has 0 saturated heterocycles. The minimum atomic E-state index is 0.402. The molecule has 0 aromatic carbocycles. The molecule has 2 heteroatoms. The molecule has 2 bridgehead atoms. The van der Waals surface area contributed by atoms with Crippen LogP contribution < -0.4 is 5.73 Å². The molecule has 2 nitrogen and oxygen atoms in total. The van der Waals surface area contributed by atoms with Crippen LogP contribution in [0.15, 0.2) is 0 Å². The van der Waals surface area contributed by atoms with Crippen LogP contribution in [-0.2, 0) is 0 Å². The van der Waals surface area contributed by atoms with Gasteiger partial charge in [-0.25, -0.2) is 0 Å². The van der Waals surface area contributed by atoms with Gasteiger partial charge in [0.2, 0.25) is 0 Å². The van der Waals surface area contributed by atoms with Crippen molar-refractivity contribution in [2.75, 3.05) is 13.1 Å². The molecule has 2 N–H and O–H groups in total. The van der Waals surface area contributed by atoms with E-state index in [0.717, 1.165) is 30.3 Å². The average molecular weight is 250 g/mol. The maximum atomic E-state index is 6.29. The van der Waals surface area contributed by atoms with Crippen LogP contribution in [0.25, 0.3) is 0 Å². The van der Waals surface area contributed by atoms with E-state index < -0.39 is 0 Å². The molecular formula is C16H30N2. The Hall–Kier alpha value is -0.0800. The lowest BCUT2D eigenvalue weighted by molar-refractivity contribution is 0.0302. The quantitative estimate of drug-likeness (QED) is 0.785. The van der Waals surface area contributed by atoms with E-state index in [1.807, 2.05) is 0 Å². The summed E-state index contributed by atoms with van der Waals surface area (Å²) in [4.78, 5) is 2.87. The standard InChI is InChI=1S/C16H30N2/c1-12(2)7-8-18(15-5-6-15)16(11-17)10-13-3-4-14(16)9-13/h12-15H,3-11,17H2,1-2H3. The van der Waals surface area contributed by atoms with Crippen molar-refractivity contribution < 1.29 is 0 Å². The van der Waals surface area contributed by atoms with E-state index >= 15 is 0 Å². The van der Waals surface area contributed by atoms with Crippen LogP contribution in [0, 0.1) is 17.8 Å². The normalized spacial score (nSPS) is 39.2. The highest BCUT2D eigenvalue weighted by Gasteiger charge is 2.55. The van der Waals surface area contributed by atoms with Crippen molar-refractivity contribution in [3.63, 3.8) is 0 Å². The fraction of sp³-hybridized carbons (Fsp3) is 1.00. The van der Waals surface area contributed by atoms with Crippen LogP contribution in [-0.4, -0.2) is 29.6 Å². The van der Waals surface area contributed by atoms with E-state index in [1.165, 1.54) is 51.5 Å². The minimum Gasteiger partial charge on any atom is -0.329 e. The van der Waals surface area contributed by atoms with Crippen molar-refractivity contribution in [1.82, 2.24) is 4.90 Å². The molecule has 18 heavy (non-hydrogen) atoms. The molecule has 104 valence electrons. The Balaban J connectivity index is 1.75. The average Bonchev–Trinajstić information content (AvgIpc) is 2.98. The second kappa shape index (κ2) is 4.79. The first-order valence-corrected chi connectivity index (χ1v) is 8.12. The monoisotopic (exact) mass is 250 g/mol. The van der Waals surface area contributed by atoms with Gasteiger partial charge in [0.1, 0.15) is 0 Å². The van der Waals surface area contributed by atoms with E-state index in [2.05, 4.69) is 18.7 Å². The number of hydrogen-bond acceptors (Lipinski definition) is 2. The van der Waals surface area contributed by atoms with Crippen LogP contribution in [0.1, 0.15) is 58.8 Å². The van der Waals surface area contributed by atoms with Gasteiger partial charge in [-0.1, -0.05) is 20.3 Å². The smallest absolute Gasteiger partial charge is 0.0365 e. The van der Waals surface area contributed by atoms with Crippen molar-refractivity contribution in [1.29, 1.82) is 0 Å². The molecule has 3 saturated carbocycles. The summed E-state index contributed by atoms with van der Waals surface area (Å²) in [6.07, 6.45) is 10.0. The summed E-state index contributed by atoms with van der Waals surface area (Å²) in [5, 5.41) is 0. The fourth-order valence-corrected chi connectivity index (χ4v) is 4.69. The van der Waals surface area contributed by atoms with Gasteiger partial charge >= 0.3 is 0 Å². The van der Waals surface area contributed by atoms with E-state index in [-0.39, 0.29) is 0 Å². The summed E-state index contributed by atoms with van der Waals surface area (Å²) in [5.74, 6) is 2.73. The Morgan fingerprint density at radius 3 is 2.44 bits per heavy atom. The van der Waals surface area contributed by atoms with E-state index in [0.29, 0.717) is 5.54 Å². The molecule has 0 spiro atoms. The Morgan fingerprint density at radius 1 is 1.22 bits per heavy atom. The molecule has 3 aliphatic carbocycles. The zero-order chi connectivity index (χ0) is 12.8. The molecule has 3 aliphatic rings. The highest BCUT2D eigenvalue weighted by molar-refractivity contribution is 5.11. The first-order chi connectivity index (χ1) is 8.65. The third-order valence-corrected chi connectivity index (χ3v) is 5.80. The van der Waals surface area contributed by atoms with Crippen molar-refractivity contribution >= 4 is 0 Å². The fourth-order valence-electron chi connectivity index (χ4n) is 4.69. The lowest BCUT2D eigenvalue weighted by atomic mass is 9.79. The Bertz CT molecular complexity index is 297. The van der Waals surface area contributed by atoms with Gasteiger partial charge in [-0.2, -0.15) is 0 Å². The molecule has 0 heterocycles. The van der Waals surface area contributed by atoms with Gasteiger partial charge in [0, 0.05) is 18.1 Å². The first kappa shape index (κ1) is 12.9. The maximum Gasteiger partial charge on any atom is 0.0365 e. The van der Waals surface area contributed by atoms with Gasteiger partial charge < -0.3 is 5.73 Å². The topological polar surface area (TPSA) is 29.3 Å². The van der Waals surface area contributed by atoms with Gasteiger partial charge in [0.25, 0.3) is 0 Å². The summed E-state index contributed by atoms with van der Waals surface area (Å²) in [7, 11) is 0. The Labute approximate surface area is 112 Å². The molecule has 0 aliphatic heterocycles. The lowest BCUT2D eigenvalue weighted by Crippen LogP contribution is -2.58. The van der Waals surface area contributed by atoms with Crippen LogP contribution in [0.5, 0.6) is 0 Å². The molecule has 0 aromatic rings. The van der Waals surface area contributed by atoms with Crippen molar-refractivity contribution in [3.8, 4) is 0 Å². The number of fused-ring (bicyclic) bond motifs is 2. The summed E-state index contributed by atoms with van der Waals surface area (Å²) >= 11 is 0. The zero-order valence-electron chi connectivity index (χ0n) is 12.2. The van der Waals surface area contributed by atoms with Crippen LogP contribution in [0.2, 0.25) is 0 Å². The van der Waals surface area contributed by atoms with Crippen LogP contribution >= 0.6 is 0 Å². The summed E-state index contributed by atoms with van der Waals surface area (Å²) in [6.45, 7) is 6.90. The highest BCUT2D eigenvalue weighted by Crippen LogP contribution is 2.55. The van der Waals surface area contributed by atoms with Crippen LogP contribution in [0.3, 0.4) is 0 Å². The number of nitrogens with zero attached hydrogens (tertiary/aromatic N) is 1. The molecule has 3 atom stereocenters. The zero-order valence-corrected chi connectivity index (χ0v) is 12.2. The summed E-state index contributed by atoms with van der Waals surface area (Å²) in [5.41, 5.74) is 6.69. The third-order valence-electron chi connectivity index (χ3n) is 5.80. The van der Waals surface area contributed by atoms with Gasteiger partial charge in [-0.3, -0.25) is 4.90 Å². The Kier molecular flexibility index (Phi) is 3.44. The van der Waals surface area contributed by atoms with E-state index in [4.69, 9.17) is 5.73 Å². The minimum absolute atomic E-state index is 0.402. The second-order valence-electron chi connectivity index (χ2n) is 7.49. The van der Waals surface area contributed by atoms with Crippen LogP contribution in [0.4, 0.5) is 0 Å². The maximum absolute atomic E-state index is 6.29. The summed E-state index contributed by atoms with van der Waals surface area (Å²) in [6, 6.07) is 0.881. The molecule has 3 fully saturated rings. The predicted octanol–water partition coefficient (Wildman–Crippen LogP) is 3.01. The highest BCUT2D eigenvalue weighted by atomic mass is 15.3. The SMILES string of the molecule is CC(C)CCN(C1CC1)C1(CN)CC2CCC1C2. The van der Waals surface area contributed by atoms with Gasteiger partial charge in [0.15, 0.2) is 0 Å². The van der Waals surface area contributed by atoms with Gasteiger partial charge in [-0.05, 0) is 62.8 Å². The largest absolute Gasteiger partial charge is 0.329 e. The second-order valence-corrected chi connectivity index (χ2v) is 7.49. The number of rotatable bonds is 6. The molecule has 0 amide bonds. The molecular weight excluding hydrogens is 220 g/mol. The van der Waals surface area contributed by atoms with Crippen molar-refractivity contribution in [2.24, 2.45) is 23.5 Å². The van der Waals surface area contributed by atoms with E-state index in [1.54, 1.807) is 0 Å². The Morgan fingerprint density at radius 2 is 2.00 bits per heavy atom. The first-order valence-electron chi connectivity index (χ1n) is 8.12.